The van der Waals surface area contributed by atoms with Gasteiger partial charge in [0.2, 0.25) is 0 Å². The largest absolute Gasteiger partial charge is 1.00 e. The van der Waals surface area contributed by atoms with Gasteiger partial charge in [0.15, 0.2) is 0 Å². The Morgan fingerprint density at radius 1 is 1.86 bits per heavy atom. The quantitative estimate of drug-likeness (QED) is 0.366. The summed E-state index contributed by atoms with van der Waals surface area (Å²) in [6.07, 6.45) is 0. The van der Waals surface area contributed by atoms with Crippen molar-refractivity contribution in [1.82, 2.24) is 5.32 Å². The van der Waals surface area contributed by atoms with Crippen molar-refractivity contribution in [2.24, 2.45) is 0 Å². The molecule has 0 radical (unpaired) electrons. The Balaban J connectivity index is 0. The molecular weight excluding hydrogens is 121 g/mol. The molecule has 1 N–H and O–H groups in total. The summed E-state index contributed by atoms with van der Waals surface area (Å²) >= 11 is 1.35. The summed E-state index contributed by atoms with van der Waals surface area (Å²) < 4.78 is 0. The van der Waals surface area contributed by atoms with Gasteiger partial charge < -0.3 is 6.74 Å². The number of nitrogens with one attached hydrogen (secondary N) is 1. The minimum absolute atomic E-state index is 0. The van der Waals surface area contributed by atoms with Gasteiger partial charge in [-0.3, -0.25) is 4.79 Å². The SMILES string of the molecule is O=C1NCCS1.[H-].[Na+]. The van der Waals surface area contributed by atoms with Crippen LogP contribution in [0.5, 0.6) is 0 Å². The van der Waals surface area contributed by atoms with Gasteiger partial charge in [0.05, 0.1) is 0 Å². The van der Waals surface area contributed by atoms with Crippen molar-refractivity contribution in [1.29, 1.82) is 0 Å². The zero-order chi connectivity index (χ0) is 4.41. The molecule has 0 atom stereocenters. The summed E-state index contributed by atoms with van der Waals surface area (Å²) in [7, 11) is 0. The van der Waals surface area contributed by atoms with E-state index in [0.29, 0.717) is 0 Å². The van der Waals surface area contributed by atoms with Gasteiger partial charge in [-0.15, -0.1) is 0 Å². The number of carbonyl (C=O) groups excluding carboxylic acids is 1. The van der Waals surface area contributed by atoms with Gasteiger partial charge in [-0.25, -0.2) is 0 Å². The Labute approximate surface area is 70.2 Å². The molecular formula is C3H6NNaOS. The van der Waals surface area contributed by atoms with E-state index in [2.05, 4.69) is 5.32 Å². The molecule has 1 amide bonds. The van der Waals surface area contributed by atoms with E-state index in [1.54, 1.807) is 0 Å². The van der Waals surface area contributed by atoms with E-state index in [1.165, 1.54) is 11.8 Å². The van der Waals surface area contributed by atoms with Crippen molar-refractivity contribution in [3.05, 3.63) is 0 Å². The van der Waals surface area contributed by atoms with E-state index in [9.17, 15) is 4.79 Å². The van der Waals surface area contributed by atoms with Crippen LogP contribution in [-0.4, -0.2) is 17.5 Å². The first-order valence-corrected chi connectivity index (χ1v) is 2.79. The van der Waals surface area contributed by atoms with Crippen LogP contribution in [-0.2, 0) is 0 Å². The Morgan fingerprint density at radius 2 is 2.57 bits per heavy atom. The van der Waals surface area contributed by atoms with Crippen molar-refractivity contribution in [3.63, 3.8) is 0 Å². The van der Waals surface area contributed by atoms with Gasteiger partial charge in [0.1, 0.15) is 0 Å². The minimum atomic E-state index is 0. The van der Waals surface area contributed by atoms with Gasteiger partial charge in [-0.1, -0.05) is 11.8 Å². The number of rotatable bonds is 0. The van der Waals surface area contributed by atoms with Crippen molar-refractivity contribution >= 4 is 17.0 Å². The van der Waals surface area contributed by atoms with E-state index < -0.39 is 0 Å². The Kier molecular flexibility index (Phi) is 4.22. The van der Waals surface area contributed by atoms with Crippen LogP contribution >= 0.6 is 11.8 Å². The summed E-state index contributed by atoms with van der Waals surface area (Å²) in [5.41, 5.74) is 0. The molecule has 0 aromatic rings. The molecule has 0 unspecified atom stereocenters. The number of amides is 1. The molecule has 1 rings (SSSR count). The van der Waals surface area contributed by atoms with Crippen LogP contribution in [0.3, 0.4) is 0 Å². The maximum absolute atomic E-state index is 10.1. The molecule has 0 aliphatic carbocycles. The monoisotopic (exact) mass is 127 g/mol. The average molecular weight is 127 g/mol. The van der Waals surface area contributed by atoms with Crippen LogP contribution in [0.1, 0.15) is 1.43 Å². The summed E-state index contributed by atoms with van der Waals surface area (Å²) in [5, 5.41) is 2.76. The second-order valence-electron chi connectivity index (χ2n) is 1.06. The molecule has 0 saturated carbocycles. The van der Waals surface area contributed by atoms with Crippen LogP contribution in [0.15, 0.2) is 0 Å². The Morgan fingerprint density at radius 3 is 2.71 bits per heavy atom. The second-order valence-corrected chi connectivity index (χ2v) is 2.13. The topological polar surface area (TPSA) is 29.1 Å². The number of thioether (sulfide) groups is 1. The molecule has 2 nitrogen and oxygen atoms in total. The Hall–Kier alpha value is 0.820. The molecule has 1 aliphatic rings. The molecule has 1 aliphatic heterocycles. The predicted octanol–water partition coefficient (Wildman–Crippen LogP) is -2.44. The van der Waals surface area contributed by atoms with Gasteiger partial charge in [-0.05, 0) is 0 Å². The fourth-order valence-electron chi connectivity index (χ4n) is 0.348. The third kappa shape index (κ3) is 2.59. The van der Waals surface area contributed by atoms with Crippen molar-refractivity contribution in [2.75, 3.05) is 12.3 Å². The molecule has 36 valence electrons. The van der Waals surface area contributed by atoms with Crippen LogP contribution in [0.25, 0.3) is 0 Å². The average Bonchev–Trinajstić information content (AvgIpc) is 1.86. The van der Waals surface area contributed by atoms with Crippen LogP contribution < -0.4 is 34.9 Å². The number of carbonyl (C=O) groups is 1. The normalized spacial score (nSPS) is 18.0. The van der Waals surface area contributed by atoms with Crippen molar-refractivity contribution < 1.29 is 35.8 Å². The summed E-state index contributed by atoms with van der Waals surface area (Å²) in [5.74, 6) is 0.943. The van der Waals surface area contributed by atoms with E-state index in [-0.39, 0.29) is 36.2 Å². The van der Waals surface area contributed by atoms with Gasteiger partial charge in [0.25, 0.3) is 5.24 Å². The predicted molar refractivity (Wildman–Crippen MR) is 27.0 cm³/mol. The maximum Gasteiger partial charge on any atom is 1.00 e. The summed E-state index contributed by atoms with van der Waals surface area (Å²) in [6.45, 7) is 0.851. The molecule has 4 heteroatoms. The van der Waals surface area contributed by atoms with Crippen molar-refractivity contribution in [2.45, 2.75) is 0 Å². The number of hydrogen-bond donors (Lipinski definition) is 1. The fourth-order valence-corrected chi connectivity index (χ4v) is 0.941. The van der Waals surface area contributed by atoms with Gasteiger partial charge in [-0.2, -0.15) is 0 Å². The van der Waals surface area contributed by atoms with E-state index >= 15 is 0 Å². The molecule has 0 aromatic carbocycles. The smallest absolute Gasteiger partial charge is 1.00 e. The Bertz CT molecular complexity index is 73.7. The van der Waals surface area contributed by atoms with Crippen molar-refractivity contribution in [3.8, 4) is 0 Å². The second kappa shape index (κ2) is 3.78. The molecule has 0 aromatic heterocycles. The zero-order valence-electron chi connectivity index (χ0n) is 5.23. The maximum atomic E-state index is 10.1. The fraction of sp³-hybridized carbons (Fsp3) is 0.667. The first kappa shape index (κ1) is 7.82. The van der Waals surface area contributed by atoms with Crippen LogP contribution in [0.2, 0.25) is 0 Å². The van der Waals surface area contributed by atoms with Gasteiger partial charge >= 0.3 is 29.6 Å². The molecule has 1 heterocycles. The van der Waals surface area contributed by atoms with Gasteiger partial charge in [0, 0.05) is 12.3 Å². The van der Waals surface area contributed by atoms with Crippen LogP contribution in [0.4, 0.5) is 4.79 Å². The first-order valence-electron chi connectivity index (χ1n) is 1.80. The summed E-state index contributed by atoms with van der Waals surface area (Å²) in [4.78, 5) is 10.1. The number of hydrogen-bond acceptors (Lipinski definition) is 2. The zero-order valence-corrected chi connectivity index (χ0v) is 7.05. The molecule has 0 spiro atoms. The third-order valence-electron chi connectivity index (χ3n) is 0.605. The van der Waals surface area contributed by atoms with E-state index in [0.717, 1.165) is 12.3 Å². The third-order valence-corrected chi connectivity index (χ3v) is 1.42. The molecule has 1 saturated heterocycles. The molecule has 0 bridgehead atoms. The first-order chi connectivity index (χ1) is 2.89. The minimum Gasteiger partial charge on any atom is -1.00 e. The van der Waals surface area contributed by atoms with E-state index in [4.69, 9.17) is 0 Å². The standard InChI is InChI=1S/C3H5NOS.Na.H/c5-3-4-1-2-6-3;;/h1-2H2,(H,4,5);;/q;+1;-1. The molecule has 1 fully saturated rings. The molecule has 7 heavy (non-hydrogen) atoms. The van der Waals surface area contributed by atoms with E-state index in [1.807, 2.05) is 0 Å². The van der Waals surface area contributed by atoms with Crippen LogP contribution in [0, 0.1) is 0 Å². The summed E-state index contributed by atoms with van der Waals surface area (Å²) in [6, 6.07) is 0.